The number of carbonyl (C=O) groups is 1. The second-order valence-electron chi connectivity index (χ2n) is 7.48. The molecule has 0 aromatic heterocycles. The first-order valence-electron chi connectivity index (χ1n) is 9.95. The van der Waals surface area contributed by atoms with Crippen LogP contribution >= 0.6 is 0 Å². The Kier molecular flexibility index (Phi) is 8.95. The van der Waals surface area contributed by atoms with E-state index in [1.807, 2.05) is 13.1 Å². The molecule has 1 aliphatic carbocycles. The molecule has 5 heteroatoms. The third-order valence-electron chi connectivity index (χ3n) is 5.33. The molecule has 0 aliphatic heterocycles. The number of carbonyl (C=O) groups excluding carboxylic acids is 1. The smallest absolute Gasteiger partial charge is 0.253 e. The monoisotopic (exact) mass is 376 g/mol. The molecular weight excluding hydrogens is 343 g/mol. The molecule has 2 rings (SSSR count). The van der Waals surface area contributed by atoms with E-state index in [0.29, 0.717) is 11.7 Å². The molecule has 0 heterocycles. The average Bonchev–Trinajstić information content (AvgIpc) is 2.68. The zero-order valence-electron chi connectivity index (χ0n) is 16.7. The lowest BCUT2D eigenvalue weighted by Crippen LogP contribution is -2.40. The molecule has 150 valence electrons. The summed E-state index contributed by atoms with van der Waals surface area (Å²) in [7, 11) is 3.95. The van der Waals surface area contributed by atoms with Crippen molar-refractivity contribution in [2.24, 2.45) is 0 Å². The quantitative estimate of drug-likeness (QED) is 0.455. The van der Waals surface area contributed by atoms with Gasteiger partial charge in [0.25, 0.3) is 5.91 Å². The summed E-state index contributed by atoms with van der Waals surface area (Å²) in [5.41, 5.74) is 0.540. The van der Waals surface area contributed by atoms with Gasteiger partial charge < -0.3 is 14.5 Å². The van der Waals surface area contributed by atoms with Crippen molar-refractivity contribution in [2.45, 2.75) is 50.7 Å². The van der Waals surface area contributed by atoms with E-state index in [1.165, 1.54) is 12.1 Å². The molecule has 1 aromatic carbocycles. The Bertz CT molecular complexity index is 582. The molecule has 0 spiro atoms. The van der Waals surface area contributed by atoms with Crippen LogP contribution in [0.15, 0.2) is 36.9 Å². The van der Waals surface area contributed by atoms with E-state index in [2.05, 4.69) is 18.5 Å². The zero-order valence-corrected chi connectivity index (χ0v) is 16.7. The van der Waals surface area contributed by atoms with Gasteiger partial charge in [-0.05, 0) is 76.4 Å². The fourth-order valence-corrected chi connectivity index (χ4v) is 3.61. The van der Waals surface area contributed by atoms with Gasteiger partial charge in [0.15, 0.2) is 0 Å². The van der Waals surface area contributed by atoms with Crippen LogP contribution in [0.5, 0.6) is 0 Å². The van der Waals surface area contributed by atoms with Gasteiger partial charge in [0.2, 0.25) is 0 Å². The predicted octanol–water partition coefficient (Wildman–Crippen LogP) is 4.12. The number of hydrogen-bond donors (Lipinski definition) is 0. The van der Waals surface area contributed by atoms with E-state index in [0.717, 1.165) is 58.2 Å². The maximum Gasteiger partial charge on any atom is 0.253 e. The lowest BCUT2D eigenvalue weighted by molar-refractivity contribution is 0.00881. The standard InChI is InChI=1S/C22H33FN2O2/c1-4-15-24(2)16-5-6-17-27-21-13-11-20(12-14-21)25(3)22(26)18-7-9-19(23)10-8-18/h4,7-10,20-21H,1,5-6,11-17H2,2-3H3/t20-,21-. The van der Waals surface area contributed by atoms with Crippen LogP contribution in [0.2, 0.25) is 0 Å². The Morgan fingerprint density at radius 1 is 1.19 bits per heavy atom. The molecule has 0 saturated heterocycles. The van der Waals surface area contributed by atoms with Crippen molar-refractivity contribution in [2.75, 3.05) is 33.8 Å². The van der Waals surface area contributed by atoms with Crippen LogP contribution in [-0.4, -0.2) is 61.6 Å². The maximum absolute atomic E-state index is 13.0. The van der Waals surface area contributed by atoms with Crippen LogP contribution in [-0.2, 0) is 4.74 Å². The Morgan fingerprint density at radius 2 is 1.85 bits per heavy atom. The Labute approximate surface area is 163 Å². The minimum absolute atomic E-state index is 0.0389. The molecule has 1 fully saturated rings. The van der Waals surface area contributed by atoms with Crippen molar-refractivity contribution in [1.29, 1.82) is 0 Å². The van der Waals surface area contributed by atoms with Gasteiger partial charge in [-0.2, -0.15) is 0 Å². The Morgan fingerprint density at radius 3 is 2.48 bits per heavy atom. The fraction of sp³-hybridized carbons (Fsp3) is 0.591. The fourth-order valence-electron chi connectivity index (χ4n) is 3.61. The zero-order chi connectivity index (χ0) is 19.6. The number of rotatable bonds is 10. The van der Waals surface area contributed by atoms with E-state index >= 15 is 0 Å². The van der Waals surface area contributed by atoms with Gasteiger partial charge >= 0.3 is 0 Å². The first kappa shape index (κ1) is 21.6. The van der Waals surface area contributed by atoms with Gasteiger partial charge in [-0.1, -0.05) is 6.08 Å². The number of unbranched alkanes of at least 4 members (excludes halogenated alkanes) is 1. The van der Waals surface area contributed by atoms with Gasteiger partial charge in [0, 0.05) is 31.8 Å². The molecule has 1 saturated carbocycles. The highest BCUT2D eigenvalue weighted by Gasteiger charge is 2.27. The van der Waals surface area contributed by atoms with E-state index in [-0.39, 0.29) is 17.8 Å². The maximum atomic E-state index is 13.0. The number of benzene rings is 1. The Hall–Kier alpha value is -1.72. The Balaban J connectivity index is 1.65. The molecule has 1 amide bonds. The van der Waals surface area contributed by atoms with E-state index in [9.17, 15) is 9.18 Å². The molecular formula is C22H33FN2O2. The second-order valence-corrected chi connectivity index (χ2v) is 7.48. The van der Waals surface area contributed by atoms with Crippen LogP contribution in [0.25, 0.3) is 0 Å². The van der Waals surface area contributed by atoms with E-state index < -0.39 is 0 Å². The molecule has 0 radical (unpaired) electrons. The summed E-state index contributed by atoms with van der Waals surface area (Å²) in [6, 6.07) is 6.00. The summed E-state index contributed by atoms with van der Waals surface area (Å²) < 4.78 is 19.1. The van der Waals surface area contributed by atoms with Crippen LogP contribution in [0.1, 0.15) is 48.9 Å². The summed E-state index contributed by atoms with van der Waals surface area (Å²) in [6.45, 7) is 6.55. The van der Waals surface area contributed by atoms with Gasteiger partial charge in [-0.25, -0.2) is 4.39 Å². The number of likely N-dealkylation sites (N-methyl/N-ethyl adjacent to an activating group) is 1. The molecule has 1 aliphatic rings. The third-order valence-corrected chi connectivity index (χ3v) is 5.33. The molecule has 4 nitrogen and oxygen atoms in total. The van der Waals surface area contributed by atoms with Gasteiger partial charge in [0.1, 0.15) is 5.82 Å². The normalized spacial score (nSPS) is 19.9. The van der Waals surface area contributed by atoms with E-state index in [1.54, 1.807) is 17.0 Å². The predicted molar refractivity (Wildman–Crippen MR) is 107 cm³/mol. The van der Waals surface area contributed by atoms with Crippen molar-refractivity contribution >= 4 is 5.91 Å². The number of amides is 1. The second kappa shape index (κ2) is 11.2. The lowest BCUT2D eigenvalue weighted by atomic mass is 9.91. The molecule has 0 atom stereocenters. The summed E-state index contributed by atoms with van der Waals surface area (Å²) in [6.07, 6.45) is 8.32. The summed E-state index contributed by atoms with van der Waals surface area (Å²) >= 11 is 0. The van der Waals surface area contributed by atoms with Crippen molar-refractivity contribution in [3.63, 3.8) is 0 Å². The minimum atomic E-state index is -0.320. The number of halogens is 1. The van der Waals surface area contributed by atoms with Gasteiger partial charge in [0.05, 0.1) is 6.10 Å². The van der Waals surface area contributed by atoms with Crippen molar-refractivity contribution < 1.29 is 13.9 Å². The first-order chi connectivity index (χ1) is 13.0. The number of nitrogens with zero attached hydrogens (tertiary/aromatic N) is 2. The minimum Gasteiger partial charge on any atom is -0.378 e. The number of ether oxygens (including phenoxy) is 1. The third kappa shape index (κ3) is 7.07. The SMILES string of the molecule is C=CCN(C)CCCCO[C@H]1CC[C@H](N(C)C(=O)c2ccc(F)cc2)CC1. The van der Waals surface area contributed by atoms with E-state index in [4.69, 9.17) is 4.74 Å². The first-order valence-corrected chi connectivity index (χ1v) is 9.95. The molecule has 0 unspecified atom stereocenters. The molecule has 0 bridgehead atoms. The average molecular weight is 377 g/mol. The van der Waals surface area contributed by atoms with Crippen LogP contribution in [0, 0.1) is 5.82 Å². The molecule has 1 aromatic rings. The van der Waals surface area contributed by atoms with Crippen LogP contribution in [0.4, 0.5) is 4.39 Å². The van der Waals surface area contributed by atoms with Crippen molar-refractivity contribution in [1.82, 2.24) is 9.80 Å². The van der Waals surface area contributed by atoms with Crippen LogP contribution < -0.4 is 0 Å². The molecule has 0 N–H and O–H groups in total. The van der Waals surface area contributed by atoms with Gasteiger partial charge in [-0.3, -0.25) is 4.79 Å². The highest BCUT2D eigenvalue weighted by atomic mass is 19.1. The van der Waals surface area contributed by atoms with Crippen molar-refractivity contribution in [3.8, 4) is 0 Å². The van der Waals surface area contributed by atoms with Gasteiger partial charge in [-0.15, -0.1) is 6.58 Å². The lowest BCUT2D eigenvalue weighted by Gasteiger charge is -2.34. The molecule has 27 heavy (non-hydrogen) atoms. The highest BCUT2D eigenvalue weighted by Crippen LogP contribution is 2.25. The topological polar surface area (TPSA) is 32.8 Å². The summed E-state index contributed by atoms with van der Waals surface area (Å²) in [5, 5.41) is 0. The highest BCUT2D eigenvalue weighted by molar-refractivity contribution is 5.94. The summed E-state index contributed by atoms with van der Waals surface area (Å²) in [4.78, 5) is 16.6. The van der Waals surface area contributed by atoms with Crippen molar-refractivity contribution in [3.05, 3.63) is 48.3 Å². The number of hydrogen-bond acceptors (Lipinski definition) is 3. The summed E-state index contributed by atoms with van der Waals surface area (Å²) in [5.74, 6) is -0.359. The largest absolute Gasteiger partial charge is 0.378 e. The van der Waals surface area contributed by atoms with Crippen LogP contribution in [0.3, 0.4) is 0 Å².